The van der Waals surface area contributed by atoms with E-state index in [9.17, 15) is 18.4 Å². The Kier molecular flexibility index (Phi) is 4.79. The van der Waals surface area contributed by atoms with Gasteiger partial charge in [-0.25, -0.2) is 8.78 Å². The van der Waals surface area contributed by atoms with Crippen LogP contribution in [0.25, 0.3) is 0 Å². The summed E-state index contributed by atoms with van der Waals surface area (Å²) < 4.78 is 27.5. The molecule has 2 aromatic rings. The summed E-state index contributed by atoms with van der Waals surface area (Å²) in [5.41, 5.74) is 0.162. The summed E-state index contributed by atoms with van der Waals surface area (Å²) in [6.07, 6.45) is 0. The first-order valence-electron chi connectivity index (χ1n) is 7.20. The van der Waals surface area contributed by atoms with Gasteiger partial charge in [0.05, 0.1) is 15.9 Å². The second-order valence-electron chi connectivity index (χ2n) is 5.64. The number of halogens is 4. The second kappa shape index (κ2) is 6.72. The maximum Gasteiger partial charge on any atom is 0.237 e. The molecule has 1 aromatic carbocycles. The van der Waals surface area contributed by atoms with Gasteiger partial charge in [-0.1, -0.05) is 17.7 Å². The molecule has 0 saturated carbocycles. The molecule has 1 saturated heterocycles. The number of carbonyl (C=O) groups excluding carboxylic acids is 2. The Hall–Kier alpha value is -2.00. The van der Waals surface area contributed by atoms with Crippen molar-refractivity contribution in [1.29, 1.82) is 0 Å². The zero-order valence-electron chi connectivity index (χ0n) is 12.8. The van der Waals surface area contributed by atoms with E-state index in [2.05, 4.69) is 31.4 Å². The van der Waals surface area contributed by atoms with Gasteiger partial charge in [0.1, 0.15) is 5.92 Å². The van der Waals surface area contributed by atoms with Crippen LogP contribution in [0.5, 0.6) is 0 Å². The number of anilines is 1. The number of rotatable bonds is 3. The molecule has 2 amide bonds. The van der Waals surface area contributed by atoms with Crippen molar-refractivity contribution in [2.75, 3.05) is 18.9 Å². The van der Waals surface area contributed by atoms with Crippen molar-refractivity contribution in [1.82, 2.24) is 15.1 Å². The predicted octanol–water partition coefficient (Wildman–Crippen LogP) is 2.91. The van der Waals surface area contributed by atoms with Gasteiger partial charge in [-0.3, -0.25) is 14.7 Å². The van der Waals surface area contributed by atoms with Crippen LogP contribution in [0.1, 0.15) is 11.6 Å². The van der Waals surface area contributed by atoms with E-state index in [-0.39, 0.29) is 17.4 Å². The average molecular weight is 434 g/mol. The Balaban J connectivity index is 1.92. The van der Waals surface area contributed by atoms with Crippen LogP contribution in [0.2, 0.25) is 5.15 Å². The summed E-state index contributed by atoms with van der Waals surface area (Å²) in [6.45, 7) is 0.250. The normalized spacial score (nSPS) is 20.2. The van der Waals surface area contributed by atoms with Crippen molar-refractivity contribution in [3.63, 3.8) is 0 Å². The van der Waals surface area contributed by atoms with Crippen LogP contribution >= 0.6 is 27.5 Å². The van der Waals surface area contributed by atoms with E-state index < -0.39 is 35.3 Å². The quantitative estimate of drug-likeness (QED) is 0.731. The highest BCUT2D eigenvalue weighted by Gasteiger charge is 2.46. The number of carbonyl (C=O) groups is 2. The third-order valence-electron chi connectivity index (χ3n) is 4.07. The standard InChI is InChI=1S/C15H12BrClF2N4O2/c1-23-5-6(12-10(16)13(17)22-21-12)9(15(23)25)14(24)20-8-4-2-3-7(18)11(8)19/h2-4,6,9H,5H2,1H3,(H,20,24)(H,21,22)/t6-,9-/m0/s1. The highest BCUT2D eigenvalue weighted by atomic mass is 79.9. The van der Waals surface area contributed by atoms with E-state index >= 15 is 0 Å². The molecule has 25 heavy (non-hydrogen) atoms. The third-order valence-corrected chi connectivity index (χ3v) is 5.37. The maximum absolute atomic E-state index is 13.8. The first kappa shape index (κ1) is 17.8. The van der Waals surface area contributed by atoms with Gasteiger partial charge >= 0.3 is 0 Å². The fourth-order valence-electron chi connectivity index (χ4n) is 2.83. The molecule has 0 spiro atoms. The van der Waals surface area contributed by atoms with Crippen molar-refractivity contribution < 1.29 is 18.4 Å². The van der Waals surface area contributed by atoms with Gasteiger partial charge in [0.15, 0.2) is 16.8 Å². The molecule has 1 aromatic heterocycles. The molecule has 2 N–H and O–H groups in total. The molecule has 1 aliphatic rings. The molecule has 0 bridgehead atoms. The molecule has 0 aliphatic carbocycles. The van der Waals surface area contributed by atoms with Crippen molar-refractivity contribution in [2.24, 2.45) is 5.92 Å². The lowest BCUT2D eigenvalue weighted by atomic mass is 9.91. The highest BCUT2D eigenvalue weighted by molar-refractivity contribution is 9.10. The summed E-state index contributed by atoms with van der Waals surface area (Å²) in [5, 5.41) is 9.00. The predicted molar refractivity (Wildman–Crippen MR) is 90.2 cm³/mol. The first-order valence-corrected chi connectivity index (χ1v) is 8.37. The summed E-state index contributed by atoms with van der Waals surface area (Å²) in [7, 11) is 1.55. The number of nitrogens with zero attached hydrogens (tertiary/aromatic N) is 2. The van der Waals surface area contributed by atoms with Crippen LogP contribution in [0.4, 0.5) is 14.5 Å². The summed E-state index contributed by atoms with van der Waals surface area (Å²) in [6, 6.07) is 3.42. The molecule has 0 unspecified atom stereocenters. The van der Waals surface area contributed by atoms with Gasteiger partial charge < -0.3 is 10.2 Å². The number of aromatic amines is 1. The number of aromatic nitrogens is 2. The fourth-order valence-corrected chi connectivity index (χ4v) is 3.44. The van der Waals surface area contributed by atoms with Crippen molar-refractivity contribution in [3.05, 3.63) is 45.2 Å². The van der Waals surface area contributed by atoms with Crippen LogP contribution in [0.3, 0.4) is 0 Å². The smallest absolute Gasteiger partial charge is 0.237 e. The van der Waals surface area contributed by atoms with Gasteiger partial charge in [0.25, 0.3) is 0 Å². The van der Waals surface area contributed by atoms with Crippen molar-refractivity contribution in [2.45, 2.75) is 5.92 Å². The van der Waals surface area contributed by atoms with Crippen LogP contribution in [-0.4, -0.2) is 40.5 Å². The van der Waals surface area contributed by atoms with Gasteiger partial charge in [0.2, 0.25) is 11.8 Å². The summed E-state index contributed by atoms with van der Waals surface area (Å²) in [4.78, 5) is 26.4. The number of likely N-dealkylation sites (tertiary alicyclic amines) is 1. The molecular formula is C15H12BrClF2N4O2. The van der Waals surface area contributed by atoms with E-state index in [0.717, 1.165) is 6.07 Å². The Bertz CT molecular complexity index is 860. The maximum atomic E-state index is 13.8. The van der Waals surface area contributed by atoms with Crippen LogP contribution < -0.4 is 5.32 Å². The lowest BCUT2D eigenvalue weighted by Gasteiger charge is -2.16. The Morgan fingerprint density at radius 3 is 2.84 bits per heavy atom. The van der Waals surface area contributed by atoms with E-state index in [0.29, 0.717) is 10.2 Å². The number of hydrogen-bond acceptors (Lipinski definition) is 3. The van der Waals surface area contributed by atoms with Crippen molar-refractivity contribution in [3.8, 4) is 0 Å². The Labute approximate surface area is 154 Å². The van der Waals surface area contributed by atoms with Crippen LogP contribution in [0, 0.1) is 17.6 Å². The number of nitrogens with one attached hydrogen (secondary N) is 2. The number of H-pyrrole nitrogens is 1. The van der Waals surface area contributed by atoms with Gasteiger partial charge in [-0.2, -0.15) is 5.10 Å². The lowest BCUT2D eigenvalue weighted by molar-refractivity contribution is -0.135. The molecule has 3 rings (SSSR count). The molecule has 1 fully saturated rings. The Morgan fingerprint density at radius 2 is 2.20 bits per heavy atom. The lowest BCUT2D eigenvalue weighted by Crippen LogP contribution is -2.33. The molecule has 2 heterocycles. The number of amides is 2. The van der Waals surface area contributed by atoms with Crippen LogP contribution in [-0.2, 0) is 9.59 Å². The minimum atomic E-state index is -1.18. The highest BCUT2D eigenvalue weighted by Crippen LogP contribution is 2.38. The largest absolute Gasteiger partial charge is 0.344 e. The van der Waals surface area contributed by atoms with E-state index in [1.165, 1.54) is 17.0 Å². The first-order chi connectivity index (χ1) is 11.8. The minimum Gasteiger partial charge on any atom is -0.344 e. The third kappa shape index (κ3) is 3.13. The monoisotopic (exact) mass is 432 g/mol. The zero-order chi connectivity index (χ0) is 18.3. The number of likely N-dealkylation sites (N-methyl/N-ethyl adjacent to an activating group) is 1. The molecule has 132 valence electrons. The number of hydrogen-bond donors (Lipinski definition) is 2. The molecule has 0 radical (unpaired) electrons. The molecule has 10 heteroatoms. The zero-order valence-corrected chi connectivity index (χ0v) is 15.2. The topological polar surface area (TPSA) is 78.1 Å². The van der Waals surface area contributed by atoms with E-state index in [1.807, 2.05) is 0 Å². The van der Waals surface area contributed by atoms with E-state index in [1.54, 1.807) is 7.05 Å². The SMILES string of the molecule is CN1C[C@H](c2[nH]nc(Cl)c2Br)[C@@H](C(=O)Nc2cccc(F)c2F)C1=O. The number of benzene rings is 1. The van der Waals surface area contributed by atoms with Gasteiger partial charge in [0, 0.05) is 19.5 Å². The molecule has 2 atom stereocenters. The fraction of sp³-hybridized carbons (Fsp3) is 0.267. The van der Waals surface area contributed by atoms with E-state index in [4.69, 9.17) is 11.6 Å². The molecule has 6 nitrogen and oxygen atoms in total. The molecular weight excluding hydrogens is 422 g/mol. The average Bonchev–Trinajstić information content (AvgIpc) is 3.04. The Morgan fingerprint density at radius 1 is 1.48 bits per heavy atom. The van der Waals surface area contributed by atoms with Gasteiger partial charge in [-0.15, -0.1) is 0 Å². The van der Waals surface area contributed by atoms with Crippen molar-refractivity contribution >= 4 is 45.0 Å². The second-order valence-corrected chi connectivity index (χ2v) is 6.79. The summed E-state index contributed by atoms with van der Waals surface area (Å²) in [5.74, 6) is -5.13. The van der Waals surface area contributed by atoms with Crippen LogP contribution in [0.15, 0.2) is 22.7 Å². The van der Waals surface area contributed by atoms with Gasteiger partial charge in [-0.05, 0) is 28.1 Å². The minimum absolute atomic E-state index is 0.173. The molecule has 1 aliphatic heterocycles. The summed E-state index contributed by atoms with van der Waals surface area (Å²) >= 11 is 9.16.